The lowest BCUT2D eigenvalue weighted by Crippen LogP contribution is -2.12. The van der Waals surface area contributed by atoms with E-state index in [1.807, 2.05) is 31.2 Å². The average Bonchev–Trinajstić information content (AvgIpc) is 2.59. The Labute approximate surface area is 108 Å². The van der Waals surface area contributed by atoms with Gasteiger partial charge in [-0.25, -0.2) is 0 Å². The number of aromatic amines is 1. The molecule has 4 nitrogen and oxygen atoms in total. The van der Waals surface area contributed by atoms with E-state index in [-0.39, 0.29) is 5.56 Å². The molecule has 1 aromatic heterocycles. The van der Waals surface area contributed by atoms with Gasteiger partial charge in [0, 0.05) is 15.7 Å². The molecule has 1 aromatic carbocycles. The standard InChI is InChI=1S/C12H14BrN3O/c1-8-11(6-7-14)12(17)15-16(8)10-4-2-9(13)3-5-10/h2-5H,6-7,14H2,1H3,(H,15,17). The average molecular weight is 296 g/mol. The number of nitrogens with one attached hydrogen (secondary N) is 1. The number of benzene rings is 1. The van der Waals surface area contributed by atoms with Crippen LogP contribution in [-0.2, 0) is 6.42 Å². The topological polar surface area (TPSA) is 63.8 Å². The largest absolute Gasteiger partial charge is 0.330 e. The maximum absolute atomic E-state index is 11.7. The van der Waals surface area contributed by atoms with Crippen molar-refractivity contribution in [3.05, 3.63) is 50.3 Å². The molecule has 0 radical (unpaired) electrons. The van der Waals surface area contributed by atoms with Crippen LogP contribution in [0.15, 0.2) is 33.5 Å². The minimum absolute atomic E-state index is 0.0594. The molecule has 0 bridgehead atoms. The van der Waals surface area contributed by atoms with Gasteiger partial charge in [0.2, 0.25) is 0 Å². The van der Waals surface area contributed by atoms with E-state index >= 15 is 0 Å². The van der Waals surface area contributed by atoms with Crippen molar-refractivity contribution in [1.29, 1.82) is 0 Å². The first kappa shape index (κ1) is 12.1. The first-order valence-corrected chi connectivity index (χ1v) is 6.19. The minimum atomic E-state index is -0.0594. The molecule has 0 unspecified atom stereocenters. The summed E-state index contributed by atoms with van der Waals surface area (Å²) >= 11 is 3.38. The van der Waals surface area contributed by atoms with Gasteiger partial charge in [-0.15, -0.1) is 0 Å². The fraction of sp³-hybridized carbons (Fsp3) is 0.250. The second-order valence-corrected chi connectivity index (χ2v) is 4.77. The molecule has 0 aliphatic carbocycles. The smallest absolute Gasteiger partial charge is 0.267 e. The van der Waals surface area contributed by atoms with Crippen LogP contribution < -0.4 is 11.3 Å². The Bertz CT molecular complexity index is 568. The Kier molecular flexibility index (Phi) is 3.49. The van der Waals surface area contributed by atoms with Crippen LogP contribution in [0, 0.1) is 6.92 Å². The summed E-state index contributed by atoms with van der Waals surface area (Å²) < 4.78 is 2.80. The normalized spacial score (nSPS) is 10.8. The van der Waals surface area contributed by atoms with Crippen LogP contribution in [0.5, 0.6) is 0 Å². The number of nitrogens with zero attached hydrogens (tertiary/aromatic N) is 1. The van der Waals surface area contributed by atoms with Crippen molar-refractivity contribution in [3.8, 4) is 5.69 Å². The molecule has 0 fully saturated rings. The molecule has 3 N–H and O–H groups in total. The zero-order chi connectivity index (χ0) is 12.4. The highest BCUT2D eigenvalue weighted by molar-refractivity contribution is 9.10. The summed E-state index contributed by atoms with van der Waals surface area (Å²) in [4.78, 5) is 11.7. The summed E-state index contributed by atoms with van der Waals surface area (Å²) in [6, 6.07) is 7.77. The summed E-state index contributed by atoms with van der Waals surface area (Å²) in [5.74, 6) is 0. The van der Waals surface area contributed by atoms with E-state index in [4.69, 9.17) is 5.73 Å². The van der Waals surface area contributed by atoms with Crippen molar-refractivity contribution >= 4 is 15.9 Å². The SMILES string of the molecule is Cc1c(CCN)c(=O)[nH]n1-c1ccc(Br)cc1. The number of aromatic nitrogens is 2. The zero-order valence-electron chi connectivity index (χ0n) is 9.53. The van der Waals surface area contributed by atoms with E-state index in [9.17, 15) is 4.79 Å². The van der Waals surface area contributed by atoms with Gasteiger partial charge in [-0.1, -0.05) is 15.9 Å². The molecule has 1 heterocycles. The molecular weight excluding hydrogens is 282 g/mol. The number of H-pyrrole nitrogens is 1. The van der Waals surface area contributed by atoms with Gasteiger partial charge in [-0.05, 0) is 44.2 Å². The van der Waals surface area contributed by atoms with Crippen LogP contribution >= 0.6 is 15.9 Å². The van der Waals surface area contributed by atoms with Crippen molar-refractivity contribution in [2.45, 2.75) is 13.3 Å². The number of halogens is 1. The van der Waals surface area contributed by atoms with Crippen molar-refractivity contribution in [3.63, 3.8) is 0 Å². The molecule has 2 rings (SSSR count). The molecule has 0 aliphatic heterocycles. The second kappa shape index (κ2) is 4.89. The van der Waals surface area contributed by atoms with E-state index in [1.54, 1.807) is 4.68 Å². The first-order valence-electron chi connectivity index (χ1n) is 5.40. The summed E-state index contributed by atoms with van der Waals surface area (Å²) in [6.45, 7) is 2.40. The molecule has 0 saturated heterocycles. The molecule has 0 spiro atoms. The third-order valence-electron chi connectivity index (χ3n) is 2.74. The third-order valence-corrected chi connectivity index (χ3v) is 3.27. The fourth-order valence-electron chi connectivity index (χ4n) is 1.84. The van der Waals surface area contributed by atoms with E-state index < -0.39 is 0 Å². The van der Waals surface area contributed by atoms with Crippen LogP contribution in [0.2, 0.25) is 0 Å². The molecule has 0 saturated carbocycles. The highest BCUT2D eigenvalue weighted by Gasteiger charge is 2.10. The Balaban J connectivity index is 2.50. The van der Waals surface area contributed by atoms with E-state index in [2.05, 4.69) is 21.0 Å². The zero-order valence-corrected chi connectivity index (χ0v) is 11.1. The lowest BCUT2D eigenvalue weighted by molar-refractivity contribution is 0.832. The second-order valence-electron chi connectivity index (χ2n) is 3.86. The van der Waals surface area contributed by atoms with E-state index in [1.165, 1.54) is 0 Å². The van der Waals surface area contributed by atoms with Crippen LogP contribution in [0.25, 0.3) is 5.69 Å². The summed E-state index contributed by atoms with van der Waals surface area (Å²) in [6.07, 6.45) is 0.602. The molecule has 2 aromatic rings. The summed E-state index contributed by atoms with van der Waals surface area (Å²) in [5, 5.41) is 2.82. The van der Waals surface area contributed by atoms with Gasteiger partial charge in [-0.3, -0.25) is 14.6 Å². The maximum Gasteiger partial charge on any atom is 0.267 e. The van der Waals surface area contributed by atoms with E-state index in [0.29, 0.717) is 13.0 Å². The summed E-state index contributed by atoms with van der Waals surface area (Å²) in [5.41, 5.74) is 8.05. The quantitative estimate of drug-likeness (QED) is 0.906. The molecule has 0 atom stereocenters. The highest BCUT2D eigenvalue weighted by Crippen LogP contribution is 2.15. The van der Waals surface area contributed by atoms with Gasteiger partial charge in [-0.2, -0.15) is 0 Å². The lowest BCUT2D eigenvalue weighted by atomic mass is 10.2. The Morgan fingerprint density at radius 2 is 2.00 bits per heavy atom. The fourth-order valence-corrected chi connectivity index (χ4v) is 2.10. The number of hydrogen-bond acceptors (Lipinski definition) is 2. The van der Waals surface area contributed by atoms with Gasteiger partial charge in [0.05, 0.1) is 5.69 Å². The maximum atomic E-state index is 11.7. The Morgan fingerprint density at radius 1 is 1.35 bits per heavy atom. The molecule has 5 heteroatoms. The monoisotopic (exact) mass is 295 g/mol. The highest BCUT2D eigenvalue weighted by atomic mass is 79.9. The van der Waals surface area contributed by atoms with Gasteiger partial charge in [0.25, 0.3) is 5.56 Å². The number of nitrogens with two attached hydrogens (primary N) is 1. The van der Waals surface area contributed by atoms with Gasteiger partial charge >= 0.3 is 0 Å². The van der Waals surface area contributed by atoms with Crippen LogP contribution in [0.1, 0.15) is 11.3 Å². The van der Waals surface area contributed by atoms with Crippen molar-refractivity contribution in [2.75, 3.05) is 6.54 Å². The Morgan fingerprint density at radius 3 is 2.59 bits per heavy atom. The number of hydrogen-bond donors (Lipinski definition) is 2. The minimum Gasteiger partial charge on any atom is -0.330 e. The van der Waals surface area contributed by atoms with Crippen molar-refractivity contribution in [1.82, 2.24) is 9.78 Å². The van der Waals surface area contributed by atoms with Crippen LogP contribution in [0.4, 0.5) is 0 Å². The molecule has 90 valence electrons. The van der Waals surface area contributed by atoms with Crippen molar-refractivity contribution in [2.24, 2.45) is 5.73 Å². The van der Waals surface area contributed by atoms with Crippen molar-refractivity contribution < 1.29 is 0 Å². The third kappa shape index (κ3) is 2.35. The number of rotatable bonds is 3. The molecular formula is C12H14BrN3O. The van der Waals surface area contributed by atoms with Gasteiger partial charge < -0.3 is 5.73 Å². The Hall–Kier alpha value is -1.33. The van der Waals surface area contributed by atoms with Crippen LogP contribution in [-0.4, -0.2) is 16.3 Å². The molecule has 0 amide bonds. The van der Waals surface area contributed by atoms with Gasteiger partial charge in [0.1, 0.15) is 0 Å². The first-order chi connectivity index (χ1) is 8.13. The molecule has 0 aliphatic rings. The summed E-state index contributed by atoms with van der Waals surface area (Å²) in [7, 11) is 0. The molecule has 17 heavy (non-hydrogen) atoms. The predicted octanol–water partition coefficient (Wildman–Crippen LogP) is 1.74. The van der Waals surface area contributed by atoms with Gasteiger partial charge in [0.15, 0.2) is 0 Å². The van der Waals surface area contributed by atoms with Crippen LogP contribution in [0.3, 0.4) is 0 Å². The lowest BCUT2D eigenvalue weighted by Gasteiger charge is -2.06. The predicted molar refractivity (Wildman–Crippen MR) is 71.6 cm³/mol. The van der Waals surface area contributed by atoms with E-state index in [0.717, 1.165) is 21.4 Å².